The van der Waals surface area contributed by atoms with Crippen molar-refractivity contribution in [1.82, 2.24) is 0 Å². The number of benzene rings is 1. The van der Waals surface area contributed by atoms with Crippen molar-refractivity contribution < 1.29 is 0 Å². The molecule has 0 radical (unpaired) electrons. The number of para-hydroxylation sites is 2. The first-order chi connectivity index (χ1) is 7.75. The van der Waals surface area contributed by atoms with Gasteiger partial charge in [-0.3, -0.25) is 0 Å². The van der Waals surface area contributed by atoms with Crippen LogP contribution in [0, 0.1) is 6.92 Å². The fourth-order valence-corrected chi connectivity index (χ4v) is 2.68. The summed E-state index contributed by atoms with van der Waals surface area (Å²) < 4.78 is 0. The Morgan fingerprint density at radius 1 is 1.25 bits per heavy atom. The van der Waals surface area contributed by atoms with Gasteiger partial charge in [0.05, 0.1) is 22.6 Å². The van der Waals surface area contributed by atoms with Crippen molar-refractivity contribution in [3.8, 4) is 0 Å². The highest BCUT2D eigenvalue weighted by Gasteiger charge is 2.17. The van der Waals surface area contributed by atoms with Crippen molar-refractivity contribution in [1.29, 1.82) is 0 Å². The number of hydrogen-bond acceptors (Lipinski definition) is 4. The van der Waals surface area contributed by atoms with Crippen LogP contribution < -0.4 is 11.1 Å². The third kappa shape index (κ3) is 1.31. The number of rotatable bonds is 0. The summed E-state index contributed by atoms with van der Waals surface area (Å²) in [5.74, 6) is 0.589. The van der Waals surface area contributed by atoms with Crippen molar-refractivity contribution in [2.75, 3.05) is 5.32 Å². The molecule has 80 valence electrons. The Labute approximate surface area is 97.6 Å². The molecular weight excluding hydrogens is 218 g/mol. The Hall–Kier alpha value is -1.81. The van der Waals surface area contributed by atoms with Gasteiger partial charge in [0.15, 0.2) is 0 Å². The highest BCUT2D eigenvalue weighted by atomic mass is 32.1. The molecular formula is C12H11N3S. The van der Waals surface area contributed by atoms with Gasteiger partial charge in [0, 0.05) is 10.3 Å². The number of aliphatic imine (C=N–C) groups is 1. The Morgan fingerprint density at radius 2 is 2.06 bits per heavy atom. The van der Waals surface area contributed by atoms with Crippen LogP contribution in [0.5, 0.6) is 0 Å². The van der Waals surface area contributed by atoms with E-state index in [1.807, 2.05) is 24.3 Å². The topological polar surface area (TPSA) is 50.4 Å². The molecule has 3 nitrogen and oxygen atoms in total. The predicted molar refractivity (Wildman–Crippen MR) is 69.2 cm³/mol. The number of hydrogen-bond donors (Lipinski definition) is 2. The van der Waals surface area contributed by atoms with Gasteiger partial charge in [-0.15, -0.1) is 11.3 Å². The summed E-state index contributed by atoms with van der Waals surface area (Å²) in [6.07, 6.45) is 0. The highest BCUT2D eigenvalue weighted by Crippen LogP contribution is 2.36. The summed E-state index contributed by atoms with van der Waals surface area (Å²) in [4.78, 5) is 5.64. The van der Waals surface area contributed by atoms with Crippen molar-refractivity contribution in [2.24, 2.45) is 10.7 Å². The Kier molecular flexibility index (Phi) is 1.97. The van der Waals surface area contributed by atoms with E-state index in [1.165, 1.54) is 4.88 Å². The van der Waals surface area contributed by atoms with Crippen LogP contribution in [-0.2, 0) is 0 Å². The predicted octanol–water partition coefficient (Wildman–Crippen LogP) is 3.15. The Balaban J connectivity index is 2.26. The molecule has 3 N–H and O–H groups in total. The Bertz CT molecular complexity index is 584. The molecule has 1 aromatic heterocycles. The third-order valence-corrected chi connectivity index (χ3v) is 3.56. The lowest BCUT2D eigenvalue weighted by Crippen LogP contribution is -2.13. The SMILES string of the molecule is Cc1scc2c1C(N)=Nc1ccccc1N2. The van der Waals surface area contributed by atoms with Crippen LogP contribution in [0.4, 0.5) is 17.1 Å². The van der Waals surface area contributed by atoms with E-state index < -0.39 is 0 Å². The van der Waals surface area contributed by atoms with Crippen molar-refractivity contribution >= 4 is 34.2 Å². The van der Waals surface area contributed by atoms with Crippen LogP contribution in [0.1, 0.15) is 10.4 Å². The fraction of sp³-hybridized carbons (Fsp3) is 0.0833. The van der Waals surface area contributed by atoms with Crippen molar-refractivity contribution in [3.05, 3.63) is 40.1 Å². The van der Waals surface area contributed by atoms with Gasteiger partial charge in [-0.1, -0.05) is 12.1 Å². The number of nitrogens with two attached hydrogens (primary N) is 1. The number of thiophene rings is 1. The van der Waals surface area contributed by atoms with Gasteiger partial charge < -0.3 is 11.1 Å². The van der Waals surface area contributed by atoms with Gasteiger partial charge in [-0.05, 0) is 19.1 Å². The average Bonchev–Trinajstić information content (AvgIpc) is 2.56. The minimum Gasteiger partial charge on any atom is -0.383 e. The van der Waals surface area contributed by atoms with Crippen LogP contribution in [0.15, 0.2) is 34.6 Å². The third-order valence-electron chi connectivity index (χ3n) is 2.65. The van der Waals surface area contributed by atoms with Gasteiger partial charge >= 0.3 is 0 Å². The molecule has 0 aliphatic carbocycles. The van der Waals surface area contributed by atoms with Gasteiger partial charge in [0.2, 0.25) is 0 Å². The van der Waals surface area contributed by atoms with Crippen molar-refractivity contribution in [2.45, 2.75) is 6.92 Å². The standard InChI is InChI=1S/C12H11N3S/c1-7-11-10(6-16-7)14-8-4-2-3-5-9(8)15-12(11)13/h2-6,14H,1H3,(H2,13,15). The molecule has 0 amide bonds. The van der Waals surface area contributed by atoms with E-state index >= 15 is 0 Å². The molecule has 2 heterocycles. The van der Waals surface area contributed by atoms with Gasteiger partial charge in [0.1, 0.15) is 5.84 Å². The quantitative estimate of drug-likeness (QED) is 0.729. The molecule has 1 aromatic carbocycles. The van der Waals surface area contributed by atoms with E-state index in [1.54, 1.807) is 11.3 Å². The molecule has 0 fully saturated rings. The van der Waals surface area contributed by atoms with Crippen LogP contribution in [0.3, 0.4) is 0 Å². The first-order valence-corrected chi connectivity index (χ1v) is 5.92. The maximum absolute atomic E-state index is 6.02. The zero-order valence-corrected chi connectivity index (χ0v) is 9.64. The maximum atomic E-state index is 6.02. The lowest BCUT2D eigenvalue weighted by Gasteiger charge is -2.04. The maximum Gasteiger partial charge on any atom is 0.134 e. The summed E-state index contributed by atoms with van der Waals surface area (Å²) in [7, 11) is 0. The molecule has 0 spiro atoms. The molecule has 0 unspecified atom stereocenters. The highest BCUT2D eigenvalue weighted by molar-refractivity contribution is 7.10. The Morgan fingerprint density at radius 3 is 2.94 bits per heavy atom. The smallest absolute Gasteiger partial charge is 0.134 e. The monoisotopic (exact) mass is 229 g/mol. The second-order valence-electron chi connectivity index (χ2n) is 3.72. The molecule has 0 atom stereocenters. The minimum atomic E-state index is 0.589. The first kappa shape index (κ1) is 9.42. The van der Waals surface area contributed by atoms with E-state index in [4.69, 9.17) is 5.73 Å². The van der Waals surface area contributed by atoms with Gasteiger partial charge in [-0.2, -0.15) is 0 Å². The largest absolute Gasteiger partial charge is 0.383 e. The van der Waals surface area contributed by atoms with Gasteiger partial charge in [0.25, 0.3) is 0 Å². The summed E-state index contributed by atoms with van der Waals surface area (Å²) in [5, 5.41) is 5.45. The molecule has 0 saturated heterocycles. The van der Waals surface area contributed by atoms with Crippen LogP contribution >= 0.6 is 11.3 Å². The van der Waals surface area contributed by atoms with E-state index in [0.29, 0.717) is 5.84 Å². The number of aryl methyl sites for hydroxylation is 1. The minimum absolute atomic E-state index is 0.589. The molecule has 1 aliphatic rings. The first-order valence-electron chi connectivity index (χ1n) is 5.04. The zero-order chi connectivity index (χ0) is 11.1. The summed E-state index contributed by atoms with van der Waals surface area (Å²) in [5.41, 5.74) is 9.99. The molecule has 1 aliphatic heterocycles. The normalized spacial score (nSPS) is 13.2. The number of nitrogens with one attached hydrogen (secondary N) is 1. The second kappa shape index (κ2) is 3.35. The van der Waals surface area contributed by atoms with Crippen molar-refractivity contribution in [3.63, 3.8) is 0 Å². The molecule has 0 bridgehead atoms. The van der Waals surface area contributed by atoms with Gasteiger partial charge in [-0.25, -0.2) is 4.99 Å². The van der Waals surface area contributed by atoms with Crippen LogP contribution in [0.2, 0.25) is 0 Å². The second-order valence-corrected chi connectivity index (χ2v) is 4.80. The fourth-order valence-electron chi connectivity index (χ4n) is 1.87. The molecule has 0 saturated carbocycles. The zero-order valence-electron chi connectivity index (χ0n) is 8.82. The lowest BCUT2D eigenvalue weighted by atomic mass is 10.2. The van der Waals surface area contributed by atoms with Crippen LogP contribution in [-0.4, -0.2) is 5.84 Å². The van der Waals surface area contributed by atoms with E-state index in [0.717, 1.165) is 22.6 Å². The molecule has 4 heteroatoms. The molecule has 3 rings (SSSR count). The number of fused-ring (bicyclic) bond motifs is 2. The lowest BCUT2D eigenvalue weighted by molar-refractivity contribution is 1.47. The summed E-state index contributed by atoms with van der Waals surface area (Å²) in [6, 6.07) is 7.92. The van der Waals surface area contributed by atoms with E-state index in [-0.39, 0.29) is 0 Å². The van der Waals surface area contributed by atoms with E-state index in [2.05, 4.69) is 22.6 Å². The summed E-state index contributed by atoms with van der Waals surface area (Å²) >= 11 is 1.68. The molecule has 16 heavy (non-hydrogen) atoms. The number of nitrogens with zero attached hydrogens (tertiary/aromatic N) is 1. The van der Waals surface area contributed by atoms with Crippen LogP contribution in [0.25, 0.3) is 0 Å². The number of anilines is 2. The average molecular weight is 229 g/mol. The molecule has 2 aromatic rings. The van der Waals surface area contributed by atoms with E-state index in [9.17, 15) is 0 Å². The summed E-state index contributed by atoms with van der Waals surface area (Å²) in [6.45, 7) is 2.06. The number of amidine groups is 1.